The average Bonchev–Trinajstić information content (AvgIpc) is 2.26. The van der Waals surface area contributed by atoms with Gasteiger partial charge in [0.25, 0.3) is 0 Å². The molecule has 0 aromatic rings. The molecule has 8 heteroatoms. The van der Waals surface area contributed by atoms with Crippen LogP contribution in [-0.4, -0.2) is 61.1 Å². The molecule has 0 saturated carbocycles. The van der Waals surface area contributed by atoms with Crippen molar-refractivity contribution in [3.8, 4) is 0 Å². The predicted molar refractivity (Wildman–Crippen MR) is 69.6 cm³/mol. The standard InChI is InChI=1S/C11H22N4O4/c1-15(2)6-4-3-5-13-11(19)14-8(10(17)18)7-9(12)16/h8H,3-7H2,1-2H3,(H2,12,16)(H,17,18)(H2,13,14,19). The van der Waals surface area contributed by atoms with Gasteiger partial charge in [0.15, 0.2) is 0 Å². The first kappa shape index (κ1) is 17.2. The molecule has 0 aromatic heterocycles. The Labute approximate surface area is 112 Å². The summed E-state index contributed by atoms with van der Waals surface area (Å²) < 4.78 is 0. The van der Waals surface area contributed by atoms with Crippen molar-refractivity contribution in [2.75, 3.05) is 27.2 Å². The van der Waals surface area contributed by atoms with Crippen molar-refractivity contribution in [2.45, 2.75) is 25.3 Å². The lowest BCUT2D eigenvalue weighted by atomic mass is 10.2. The van der Waals surface area contributed by atoms with Crippen LogP contribution in [0.25, 0.3) is 0 Å². The summed E-state index contributed by atoms with van der Waals surface area (Å²) in [6, 6.07) is -1.90. The van der Waals surface area contributed by atoms with Gasteiger partial charge in [0.2, 0.25) is 5.91 Å². The summed E-state index contributed by atoms with van der Waals surface area (Å²) in [7, 11) is 3.92. The van der Waals surface area contributed by atoms with Gasteiger partial charge in [0.05, 0.1) is 6.42 Å². The third-order valence-corrected chi connectivity index (χ3v) is 2.33. The van der Waals surface area contributed by atoms with Crippen LogP contribution in [0.2, 0.25) is 0 Å². The van der Waals surface area contributed by atoms with E-state index in [0.717, 1.165) is 19.4 Å². The highest BCUT2D eigenvalue weighted by Crippen LogP contribution is 1.92. The van der Waals surface area contributed by atoms with Gasteiger partial charge in [0, 0.05) is 6.54 Å². The molecule has 110 valence electrons. The second kappa shape index (κ2) is 9.15. The van der Waals surface area contributed by atoms with Crippen molar-refractivity contribution in [1.29, 1.82) is 0 Å². The number of carboxylic acid groups (broad SMARTS) is 1. The first-order chi connectivity index (χ1) is 8.82. The van der Waals surface area contributed by atoms with Gasteiger partial charge in [-0.3, -0.25) is 4.79 Å². The molecule has 0 rings (SSSR count). The van der Waals surface area contributed by atoms with Crippen molar-refractivity contribution >= 4 is 17.9 Å². The summed E-state index contributed by atoms with van der Waals surface area (Å²) in [4.78, 5) is 34.8. The topological polar surface area (TPSA) is 125 Å². The lowest BCUT2D eigenvalue weighted by Crippen LogP contribution is -2.47. The van der Waals surface area contributed by atoms with Gasteiger partial charge in [-0.05, 0) is 33.5 Å². The fourth-order valence-corrected chi connectivity index (χ4v) is 1.37. The number of amides is 3. The Morgan fingerprint density at radius 2 is 1.89 bits per heavy atom. The minimum absolute atomic E-state index is 0.427. The van der Waals surface area contributed by atoms with Crippen LogP contribution in [0.3, 0.4) is 0 Å². The molecule has 0 fully saturated rings. The lowest BCUT2D eigenvalue weighted by molar-refractivity contribution is -0.140. The SMILES string of the molecule is CN(C)CCCCNC(=O)NC(CC(N)=O)C(=O)O. The van der Waals surface area contributed by atoms with Gasteiger partial charge in [-0.1, -0.05) is 0 Å². The Kier molecular flexibility index (Phi) is 8.27. The number of nitrogens with zero attached hydrogens (tertiary/aromatic N) is 1. The van der Waals surface area contributed by atoms with E-state index in [1.54, 1.807) is 0 Å². The van der Waals surface area contributed by atoms with Gasteiger partial charge in [-0.15, -0.1) is 0 Å². The number of carbonyl (C=O) groups is 3. The van der Waals surface area contributed by atoms with Crippen LogP contribution in [0.15, 0.2) is 0 Å². The molecule has 0 bridgehead atoms. The predicted octanol–water partition coefficient (Wildman–Crippen LogP) is -1.04. The molecule has 0 radical (unpaired) electrons. The molecule has 0 aliphatic rings. The monoisotopic (exact) mass is 274 g/mol. The van der Waals surface area contributed by atoms with Crippen LogP contribution in [0.4, 0.5) is 4.79 Å². The van der Waals surface area contributed by atoms with E-state index in [2.05, 4.69) is 10.6 Å². The number of nitrogens with two attached hydrogens (primary N) is 1. The average molecular weight is 274 g/mol. The Hall–Kier alpha value is -1.83. The second-order valence-corrected chi connectivity index (χ2v) is 4.47. The zero-order valence-corrected chi connectivity index (χ0v) is 11.3. The molecule has 0 heterocycles. The van der Waals surface area contributed by atoms with E-state index in [1.165, 1.54) is 0 Å². The summed E-state index contributed by atoms with van der Waals surface area (Å²) in [6.07, 6.45) is 1.29. The zero-order chi connectivity index (χ0) is 14.8. The van der Waals surface area contributed by atoms with Gasteiger partial charge in [-0.2, -0.15) is 0 Å². The second-order valence-electron chi connectivity index (χ2n) is 4.47. The van der Waals surface area contributed by atoms with Crippen LogP contribution in [0.1, 0.15) is 19.3 Å². The number of primary amides is 1. The van der Waals surface area contributed by atoms with Crippen molar-refractivity contribution in [3.63, 3.8) is 0 Å². The minimum Gasteiger partial charge on any atom is -0.480 e. The molecule has 3 amide bonds. The number of hydrogen-bond donors (Lipinski definition) is 4. The molecule has 0 aromatic carbocycles. The summed E-state index contributed by atoms with van der Waals surface area (Å²) >= 11 is 0. The van der Waals surface area contributed by atoms with E-state index in [4.69, 9.17) is 10.8 Å². The highest BCUT2D eigenvalue weighted by atomic mass is 16.4. The molecule has 0 aliphatic heterocycles. The van der Waals surface area contributed by atoms with Crippen molar-refractivity contribution in [1.82, 2.24) is 15.5 Å². The van der Waals surface area contributed by atoms with Crippen molar-refractivity contribution < 1.29 is 19.5 Å². The molecule has 0 saturated heterocycles. The third-order valence-electron chi connectivity index (χ3n) is 2.33. The number of carbonyl (C=O) groups excluding carboxylic acids is 2. The van der Waals surface area contributed by atoms with E-state index in [1.807, 2.05) is 19.0 Å². The number of nitrogens with one attached hydrogen (secondary N) is 2. The fourth-order valence-electron chi connectivity index (χ4n) is 1.37. The van der Waals surface area contributed by atoms with Crippen LogP contribution >= 0.6 is 0 Å². The van der Waals surface area contributed by atoms with Crippen LogP contribution in [-0.2, 0) is 9.59 Å². The van der Waals surface area contributed by atoms with Crippen LogP contribution < -0.4 is 16.4 Å². The summed E-state index contributed by atoms with van der Waals surface area (Å²) in [5, 5.41) is 13.5. The zero-order valence-electron chi connectivity index (χ0n) is 11.3. The smallest absolute Gasteiger partial charge is 0.326 e. The highest BCUT2D eigenvalue weighted by molar-refractivity contribution is 5.87. The van der Waals surface area contributed by atoms with E-state index >= 15 is 0 Å². The molecular weight excluding hydrogens is 252 g/mol. The lowest BCUT2D eigenvalue weighted by Gasteiger charge is -2.14. The number of unbranched alkanes of at least 4 members (excludes halogenated alkanes) is 1. The quantitative estimate of drug-likeness (QED) is 0.399. The van der Waals surface area contributed by atoms with Crippen LogP contribution in [0.5, 0.6) is 0 Å². The fraction of sp³-hybridized carbons (Fsp3) is 0.727. The molecular formula is C11H22N4O4. The summed E-state index contributed by atoms with van der Waals surface area (Å²) in [5.74, 6) is -2.07. The maximum atomic E-state index is 11.4. The number of rotatable bonds is 9. The van der Waals surface area contributed by atoms with Gasteiger partial charge in [0.1, 0.15) is 6.04 Å². The van der Waals surface area contributed by atoms with E-state index in [0.29, 0.717) is 6.54 Å². The Morgan fingerprint density at radius 1 is 1.26 bits per heavy atom. The molecule has 19 heavy (non-hydrogen) atoms. The van der Waals surface area contributed by atoms with Crippen molar-refractivity contribution in [2.24, 2.45) is 5.73 Å². The molecule has 5 N–H and O–H groups in total. The van der Waals surface area contributed by atoms with Crippen molar-refractivity contribution in [3.05, 3.63) is 0 Å². The third kappa shape index (κ3) is 9.83. The first-order valence-electron chi connectivity index (χ1n) is 6.03. The summed E-state index contributed by atoms with van der Waals surface area (Å²) in [6.45, 7) is 1.37. The first-order valence-corrected chi connectivity index (χ1v) is 6.03. The number of aliphatic carboxylic acids is 1. The Balaban J connectivity index is 3.87. The minimum atomic E-state index is -1.29. The largest absolute Gasteiger partial charge is 0.480 e. The van der Waals surface area contributed by atoms with E-state index < -0.39 is 30.4 Å². The van der Waals surface area contributed by atoms with Gasteiger partial charge < -0.3 is 26.4 Å². The molecule has 1 atom stereocenters. The molecule has 8 nitrogen and oxygen atoms in total. The maximum absolute atomic E-state index is 11.4. The molecule has 1 unspecified atom stereocenters. The van der Waals surface area contributed by atoms with E-state index in [-0.39, 0.29) is 0 Å². The number of urea groups is 1. The highest BCUT2D eigenvalue weighted by Gasteiger charge is 2.21. The Bertz CT molecular complexity index is 320. The Morgan fingerprint density at radius 3 is 2.37 bits per heavy atom. The molecule has 0 aliphatic carbocycles. The normalized spacial score (nSPS) is 11.9. The maximum Gasteiger partial charge on any atom is 0.326 e. The van der Waals surface area contributed by atoms with Gasteiger partial charge >= 0.3 is 12.0 Å². The number of carboxylic acids is 1. The number of hydrogen-bond acceptors (Lipinski definition) is 4. The van der Waals surface area contributed by atoms with Gasteiger partial charge in [-0.25, -0.2) is 9.59 Å². The van der Waals surface area contributed by atoms with Crippen LogP contribution in [0, 0.1) is 0 Å². The molecule has 0 spiro atoms. The summed E-state index contributed by atoms with van der Waals surface area (Å²) in [5.41, 5.74) is 4.90. The van der Waals surface area contributed by atoms with E-state index in [9.17, 15) is 14.4 Å².